The Morgan fingerprint density at radius 2 is 1.69 bits per heavy atom. The van der Waals surface area contributed by atoms with Gasteiger partial charge in [-0.1, -0.05) is 87.5 Å². The predicted molar refractivity (Wildman–Crippen MR) is 121 cm³/mol. The molecule has 0 spiro atoms. The van der Waals surface area contributed by atoms with E-state index in [4.69, 9.17) is 4.74 Å². The van der Waals surface area contributed by atoms with Crippen molar-refractivity contribution in [1.82, 2.24) is 0 Å². The number of hydrogen-bond donors (Lipinski definition) is 0. The van der Waals surface area contributed by atoms with Crippen molar-refractivity contribution in [3.8, 4) is 5.75 Å². The van der Waals surface area contributed by atoms with Crippen molar-refractivity contribution in [2.24, 2.45) is 5.92 Å². The molecule has 4 rings (SSSR count). The minimum Gasteiger partial charge on any atom is -0.488 e. The van der Waals surface area contributed by atoms with Crippen LogP contribution in [-0.2, 0) is 13.0 Å². The third-order valence-electron chi connectivity index (χ3n) is 4.99. The maximum absolute atomic E-state index is 14.3. The van der Waals surface area contributed by atoms with Crippen LogP contribution in [0.2, 0.25) is 0 Å². The molecule has 1 aliphatic carbocycles. The van der Waals surface area contributed by atoms with E-state index in [9.17, 15) is 4.39 Å². The second-order valence-electron chi connectivity index (χ2n) is 7.22. The second-order valence-corrected chi connectivity index (χ2v) is 8.55. The molecule has 0 aliphatic heterocycles. The SMILES string of the molecule is Fc1ccccc1Pc1cc(CC2C=CC=CC2)ccc1OCc1ccccc1. The largest absolute Gasteiger partial charge is 0.488 e. The maximum atomic E-state index is 14.3. The van der Waals surface area contributed by atoms with Gasteiger partial charge in [-0.05, 0) is 48.1 Å². The number of benzene rings is 3. The van der Waals surface area contributed by atoms with Gasteiger partial charge in [0, 0.05) is 10.6 Å². The Morgan fingerprint density at radius 3 is 2.48 bits per heavy atom. The molecule has 0 fully saturated rings. The molecule has 0 N–H and O–H groups in total. The molecule has 0 saturated carbocycles. The zero-order valence-corrected chi connectivity index (χ0v) is 17.2. The fourth-order valence-electron chi connectivity index (χ4n) is 3.46. The van der Waals surface area contributed by atoms with Crippen LogP contribution in [0.5, 0.6) is 5.75 Å². The summed E-state index contributed by atoms with van der Waals surface area (Å²) in [6.07, 6.45) is 10.7. The Labute approximate surface area is 173 Å². The van der Waals surface area contributed by atoms with Gasteiger partial charge >= 0.3 is 0 Å². The summed E-state index contributed by atoms with van der Waals surface area (Å²) >= 11 is 0. The maximum Gasteiger partial charge on any atom is 0.130 e. The molecule has 2 unspecified atom stereocenters. The van der Waals surface area contributed by atoms with Crippen molar-refractivity contribution in [2.75, 3.05) is 0 Å². The van der Waals surface area contributed by atoms with Gasteiger partial charge in [0.2, 0.25) is 0 Å². The molecule has 0 saturated heterocycles. The van der Waals surface area contributed by atoms with Gasteiger partial charge in [-0.3, -0.25) is 0 Å². The van der Waals surface area contributed by atoms with Gasteiger partial charge in [-0.2, -0.15) is 0 Å². The van der Waals surface area contributed by atoms with Crippen molar-refractivity contribution < 1.29 is 9.13 Å². The highest BCUT2D eigenvalue weighted by molar-refractivity contribution is 7.55. The molecule has 29 heavy (non-hydrogen) atoms. The van der Waals surface area contributed by atoms with Crippen molar-refractivity contribution in [3.05, 3.63) is 114 Å². The molecule has 0 heterocycles. The average molecular weight is 402 g/mol. The molecule has 3 heteroatoms. The van der Waals surface area contributed by atoms with E-state index in [1.54, 1.807) is 6.07 Å². The summed E-state index contributed by atoms with van der Waals surface area (Å²) < 4.78 is 20.4. The standard InChI is InChI=1S/C26H24FOP/c27-23-13-7-8-14-25(23)29-26-18-22(17-20-9-3-1-4-10-20)15-16-24(26)28-19-21-11-5-2-6-12-21/h1-9,11-16,18,20,29H,10,17,19H2. The van der Waals surface area contributed by atoms with E-state index in [0.717, 1.165) is 34.8 Å². The molecule has 2 atom stereocenters. The van der Waals surface area contributed by atoms with Crippen molar-refractivity contribution in [1.29, 1.82) is 0 Å². The van der Waals surface area contributed by atoms with Crippen LogP contribution in [0, 0.1) is 11.7 Å². The zero-order chi connectivity index (χ0) is 19.9. The van der Waals surface area contributed by atoms with Gasteiger partial charge in [-0.25, -0.2) is 4.39 Å². The van der Waals surface area contributed by atoms with Crippen LogP contribution in [0.4, 0.5) is 4.39 Å². The molecule has 1 nitrogen and oxygen atoms in total. The van der Waals surface area contributed by atoms with E-state index in [0.29, 0.717) is 12.5 Å². The highest BCUT2D eigenvalue weighted by atomic mass is 31.1. The van der Waals surface area contributed by atoms with Crippen LogP contribution in [0.3, 0.4) is 0 Å². The van der Waals surface area contributed by atoms with E-state index in [1.807, 2.05) is 36.4 Å². The molecule has 1 aliphatic rings. The monoisotopic (exact) mass is 402 g/mol. The lowest BCUT2D eigenvalue weighted by atomic mass is 9.93. The van der Waals surface area contributed by atoms with E-state index >= 15 is 0 Å². The molecule has 0 bridgehead atoms. The first kappa shape index (κ1) is 19.6. The van der Waals surface area contributed by atoms with Gasteiger partial charge in [-0.15, -0.1) is 0 Å². The Kier molecular flexibility index (Phi) is 6.54. The fourth-order valence-corrected chi connectivity index (χ4v) is 4.67. The lowest BCUT2D eigenvalue weighted by molar-refractivity contribution is 0.309. The van der Waals surface area contributed by atoms with Crippen LogP contribution in [0.15, 0.2) is 97.1 Å². The minimum absolute atomic E-state index is 0.161. The zero-order valence-electron chi connectivity index (χ0n) is 16.2. The topological polar surface area (TPSA) is 9.23 Å². The smallest absolute Gasteiger partial charge is 0.130 e. The van der Waals surface area contributed by atoms with E-state index in [2.05, 4.69) is 48.6 Å². The summed E-state index contributed by atoms with van der Waals surface area (Å²) in [5.74, 6) is 1.18. The second kappa shape index (κ2) is 9.67. The Hall–Kier alpha value is -2.70. The number of rotatable bonds is 7. The van der Waals surface area contributed by atoms with Crippen molar-refractivity contribution >= 4 is 19.2 Å². The van der Waals surface area contributed by atoms with Gasteiger partial charge in [0.25, 0.3) is 0 Å². The summed E-state index contributed by atoms with van der Waals surface area (Å²) in [5.41, 5.74) is 2.39. The molecule has 0 radical (unpaired) electrons. The average Bonchev–Trinajstić information content (AvgIpc) is 2.76. The number of halogens is 1. The highest BCUT2D eigenvalue weighted by Crippen LogP contribution is 2.25. The summed E-state index contributed by atoms with van der Waals surface area (Å²) in [4.78, 5) is 0. The van der Waals surface area contributed by atoms with E-state index < -0.39 is 0 Å². The predicted octanol–water partition coefficient (Wildman–Crippen LogP) is 5.71. The lowest BCUT2D eigenvalue weighted by Crippen LogP contribution is -2.13. The summed E-state index contributed by atoms with van der Waals surface area (Å²) in [5, 5.41) is 1.77. The Morgan fingerprint density at radius 1 is 0.862 bits per heavy atom. The van der Waals surface area contributed by atoms with Gasteiger partial charge in [0.05, 0.1) is 0 Å². The van der Waals surface area contributed by atoms with Gasteiger partial charge in [0.15, 0.2) is 0 Å². The molecular formula is C26H24FOP. The van der Waals surface area contributed by atoms with E-state index in [-0.39, 0.29) is 14.4 Å². The van der Waals surface area contributed by atoms with Crippen molar-refractivity contribution in [3.63, 3.8) is 0 Å². The Bertz CT molecular complexity index is 1010. The third-order valence-corrected chi connectivity index (χ3v) is 6.33. The van der Waals surface area contributed by atoms with Crippen LogP contribution >= 0.6 is 8.58 Å². The fraction of sp³-hybridized carbons (Fsp3) is 0.154. The summed E-state index contributed by atoms with van der Waals surface area (Å²) in [7, 11) is 0.218. The molecule has 3 aromatic rings. The highest BCUT2D eigenvalue weighted by Gasteiger charge is 2.12. The molecule has 146 valence electrons. The quantitative estimate of drug-likeness (QED) is 0.460. The molecule has 3 aromatic carbocycles. The Balaban J connectivity index is 1.57. The normalized spacial score (nSPS) is 15.8. The minimum atomic E-state index is -0.161. The first-order valence-electron chi connectivity index (χ1n) is 9.92. The first-order chi connectivity index (χ1) is 14.3. The van der Waals surface area contributed by atoms with E-state index in [1.165, 1.54) is 11.6 Å². The molecular weight excluding hydrogens is 378 g/mol. The first-order valence-corrected chi connectivity index (χ1v) is 10.9. The van der Waals surface area contributed by atoms with Crippen molar-refractivity contribution in [2.45, 2.75) is 19.4 Å². The molecule has 0 amide bonds. The van der Waals surface area contributed by atoms with Gasteiger partial charge in [0.1, 0.15) is 18.2 Å². The van der Waals surface area contributed by atoms with Crippen LogP contribution < -0.4 is 15.3 Å². The summed E-state index contributed by atoms with van der Waals surface area (Å²) in [6.45, 7) is 0.505. The third kappa shape index (κ3) is 5.43. The van der Waals surface area contributed by atoms with Crippen LogP contribution in [0.1, 0.15) is 17.5 Å². The van der Waals surface area contributed by atoms with Gasteiger partial charge < -0.3 is 4.74 Å². The summed E-state index contributed by atoms with van der Waals surface area (Å²) in [6, 6.07) is 23.5. The lowest BCUT2D eigenvalue weighted by Gasteiger charge is -2.17. The van der Waals surface area contributed by atoms with Crippen LogP contribution in [-0.4, -0.2) is 0 Å². The molecule has 0 aromatic heterocycles. The number of hydrogen-bond acceptors (Lipinski definition) is 1. The number of ether oxygens (including phenoxy) is 1. The van der Waals surface area contributed by atoms with Crippen LogP contribution in [0.25, 0.3) is 0 Å². The number of allylic oxidation sites excluding steroid dienone is 4.